The van der Waals surface area contributed by atoms with Crippen LogP contribution in [0.5, 0.6) is 5.75 Å². The zero-order chi connectivity index (χ0) is 18.4. The lowest BCUT2D eigenvalue weighted by molar-refractivity contribution is -0.131. The molecule has 0 spiro atoms. The third-order valence-corrected chi connectivity index (χ3v) is 4.46. The number of urea groups is 1. The van der Waals surface area contributed by atoms with E-state index in [-0.39, 0.29) is 25.0 Å². The van der Waals surface area contributed by atoms with Gasteiger partial charge in [0.2, 0.25) is 5.91 Å². The molecular formula is C19H23N3O4. The van der Waals surface area contributed by atoms with E-state index in [2.05, 4.69) is 10.6 Å². The van der Waals surface area contributed by atoms with Crippen molar-refractivity contribution in [1.29, 1.82) is 0 Å². The van der Waals surface area contributed by atoms with Crippen molar-refractivity contribution in [3.8, 4) is 5.75 Å². The summed E-state index contributed by atoms with van der Waals surface area (Å²) in [4.78, 5) is 26.2. The average molecular weight is 357 g/mol. The van der Waals surface area contributed by atoms with Crippen LogP contribution in [0, 0.1) is 0 Å². The highest BCUT2D eigenvalue weighted by molar-refractivity contribution is 5.84. The lowest BCUT2D eigenvalue weighted by Crippen LogP contribution is -2.43. The normalized spacial score (nSPS) is 16.3. The van der Waals surface area contributed by atoms with Gasteiger partial charge in [0.15, 0.2) is 0 Å². The second kappa shape index (κ2) is 8.42. The Morgan fingerprint density at radius 2 is 2.15 bits per heavy atom. The molecular weight excluding hydrogens is 334 g/mol. The van der Waals surface area contributed by atoms with Gasteiger partial charge in [0.25, 0.3) is 0 Å². The van der Waals surface area contributed by atoms with Crippen LogP contribution in [0.3, 0.4) is 0 Å². The van der Waals surface area contributed by atoms with E-state index in [1.807, 2.05) is 29.2 Å². The molecule has 3 amide bonds. The molecule has 1 unspecified atom stereocenters. The number of furan rings is 1. The number of hydrogen-bond donors (Lipinski definition) is 2. The first-order valence-corrected chi connectivity index (χ1v) is 8.65. The van der Waals surface area contributed by atoms with Crippen LogP contribution in [-0.2, 0) is 11.3 Å². The molecule has 0 aliphatic carbocycles. The third kappa shape index (κ3) is 4.36. The molecule has 1 aromatic carbocycles. The fourth-order valence-electron chi connectivity index (χ4n) is 3.16. The maximum Gasteiger partial charge on any atom is 0.315 e. The number of hydrogen-bond acceptors (Lipinski definition) is 4. The van der Waals surface area contributed by atoms with Crippen molar-refractivity contribution < 1.29 is 18.7 Å². The van der Waals surface area contributed by atoms with Gasteiger partial charge in [-0.05, 0) is 42.7 Å². The minimum atomic E-state index is -0.396. The molecule has 2 N–H and O–H groups in total. The number of ether oxygens (including phenoxy) is 1. The summed E-state index contributed by atoms with van der Waals surface area (Å²) in [5.41, 5.74) is 1.05. The predicted molar refractivity (Wildman–Crippen MR) is 95.6 cm³/mol. The number of benzene rings is 1. The fraction of sp³-hybridized carbons (Fsp3) is 0.368. The van der Waals surface area contributed by atoms with Crippen LogP contribution in [0.1, 0.15) is 30.2 Å². The first-order valence-electron chi connectivity index (χ1n) is 8.65. The maximum absolute atomic E-state index is 12.6. The minimum absolute atomic E-state index is 0.0191. The SMILES string of the molecule is COc1cccc(C2CCCN2C(=O)CNC(=O)NCc2ccco2)c1. The molecule has 1 aliphatic rings. The van der Waals surface area contributed by atoms with Crippen molar-refractivity contribution in [3.63, 3.8) is 0 Å². The molecule has 1 atom stereocenters. The summed E-state index contributed by atoms with van der Waals surface area (Å²) in [6.07, 6.45) is 3.40. The summed E-state index contributed by atoms with van der Waals surface area (Å²) < 4.78 is 10.4. The highest BCUT2D eigenvalue weighted by atomic mass is 16.5. The van der Waals surface area contributed by atoms with Crippen LogP contribution in [0.25, 0.3) is 0 Å². The van der Waals surface area contributed by atoms with Crippen molar-refractivity contribution in [2.75, 3.05) is 20.2 Å². The van der Waals surface area contributed by atoms with Gasteiger partial charge in [0.05, 0.1) is 32.5 Å². The van der Waals surface area contributed by atoms with E-state index >= 15 is 0 Å². The molecule has 3 rings (SSSR count). The van der Waals surface area contributed by atoms with Crippen molar-refractivity contribution in [2.45, 2.75) is 25.4 Å². The van der Waals surface area contributed by atoms with E-state index in [1.54, 1.807) is 25.5 Å². The van der Waals surface area contributed by atoms with Gasteiger partial charge >= 0.3 is 6.03 Å². The van der Waals surface area contributed by atoms with Crippen molar-refractivity contribution in [1.82, 2.24) is 15.5 Å². The third-order valence-electron chi connectivity index (χ3n) is 4.46. The predicted octanol–water partition coefficient (Wildman–Crippen LogP) is 2.45. The number of carbonyl (C=O) groups is 2. The summed E-state index contributed by atoms with van der Waals surface area (Å²) in [5.74, 6) is 1.34. The van der Waals surface area contributed by atoms with Crippen LogP contribution in [-0.4, -0.2) is 37.0 Å². The Bertz CT molecular complexity index is 745. The van der Waals surface area contributed by atoms with E-state index < -0.39 is 6.03 Å². The van der Waals surface area contributed by atoms with E-state index in [0.717, 1.165) is 24.2 Å². The zero-order valence-corrected chi connectivity index (χ0v) is 14.7. The molecule has 7 nitrogen and oxygen atoms in total. The Hall–Kier alpha value is -2.96. The van der Waals surface area contributed by atoms with Crippen LogP contribution in [0.15, 0.2) is 47.1 Å². The topological polar surface area (TPSA) is 83.8 Å². The van der Waals surface area contributed by atoms with Crippen LogP contribution in [0.4, 0.5) is 4.79 Å². The summed E-state index contributed by atoms with van der Waals surface area (Å²) in [6.45, 7) is 0.935. The Labute approximate surface area is 152 Å². The molecule has 1 saturated heterocycles. The second-order valence-corrected chi connectivity index (χ2v) is 6.14. The lowest BCUT2D eigenvalue weighted by atomic mass is 10.0. The lowest BCUT2D eigenvalue weighted by Gasteiger charge is -2.25. The second-order valence-electron chi connectivity index (χ2n) is 6.14. The van der Waals surface area contributed by atoms with Gasteiger partial charge in [-0.15, -0.1) is 0 Å². The van der Waals surface area contributed by atoms with Gasteiger partial charge in [-0.25, -0.2) is 4.79 Å². The summed E-state index contributed by atoms with van der Waals surface area (Å²) in [7, 11) is 1.63. The molecule has 1 fully saturated rings. The fourth-order valence-corrected chi connectivity index (χ4v) is 3.16. The first kappa shape index (κ1) is 17.8. The Kier molecular flexibility index (Phi) is 5.78. The van der Waals surface area contributed by atoms with Crippen LogP contribution in [0.2, 0.25) is 0 Å². The first-order chi connectivity index (χ1) is 12.7. The van der Waals surface area contributed by atoms with E-state index in [4.69, 9.17) is 9.15 Å². The van der Waals surface area contributed by atoms with Gasteiger partial charge in [0, 0.05) is 6.54 Å². The molecule has 7 heteroatoms. The summed E-state index contributed by atoms with van der Waals surface area (Å²) in [6, 6.07) is 10.9. The van der Waals surface area contributed by atoms with Crippen LogP contribution < -0.4 is 15.4 Å². The van der Waals surface area contributed by atoms with Gasteiger partial charge in [-0.2, -0.15) is 0 Å². The molecule has 2 heterocycles. The molecule has 1 aliphatic heterocycles. The Morgan fingerprint density at radius 3 is 2.92 bits per heavy atom. The highest BCUT2D eigenvalue weighted by Gasteiger charge is 2.30. The number of likely N-dealkylation sites (tertiary alicyclic amines) is 1. The van der Waals surface area contributed by atoms with Crippen LogP contribution >= 0.6 is 0 Å². The number of nitrogens with zero attached hydrogens (tertiary/aromatic N) is 1. The van der Waals surface area contributed by atoms with E-state index in [1.165, 1.54) is 0 Å². The number of rotatable bonds is 6. The quantitative estimate of drug-likeness (QED) is 0.832. The smallest absolute Gasteiger partial charge is 0.315 e. The van der Waals surface area contributed by atoms with Crippen molar-refractivity contribution >= 4 is 11.9 Å². The standard InChI is InChI=1S/C19H23N3O4/c1-25-15-6-2-5-14(11-15)17-8-3-9-22(17)18(23)13-21-19(24)20-12-16-7-4-10-26-16/h2,4-7,10-11,17H,3,8-9,12-13H2,1H3,(H2,20,21,24). The molecule has 26 heavy (non-hydrogen) atoms. The molecule has 2 aromatic rings. The average Bonchev–Trinajstić information content (AvgIpc) is 3.36. The molecule has 0 saturated carbocycles. The minimum Gasteiger partial charge on any atom is -0.497 e. The number of methoxy groups -OCH3 is 1. The summed E-state index contributed by atoms with van der Waals surface area (Å²) in [5, 5.41) is 5.27. The number of nitrogens with one attached hydrogen (secondary N) is 2. The Balaban J connectivity index is 1.52. The van der Waals surface area contributed by atoms with Gasteiger partial charge in [-0.3, -0.25) is 4.79 Å². The monoisotopic (exact) mass is 357 g/mol. The molecule has 138 valence electrons. The van der Waals surface area contributed by atoms with Gasteiger partial charge < -0.3 is 24.7 Å². The number of carbonyl (C=O) groups excluding carboxylic acids is 2. The maximum atomic E-state index is 12.6. The van der Waals surface area contributed by atoms with E-state index in [9.17, 15) is 9.59 Å². The zero-order valence-electron chi connectivity index (χ0n) is 14.7. The molecule has 0 radical (unpaired) electrons. The molecule has 0 bridgehead atoms. The van der Waals surface area contributed by atoms with Crippen molar-refractivity contribution in [2.24, 2.45) is 0 Å². The van der Waals surface area contributed by atoms with Crippen molar-refractivity contribution in [3.05, 3.63) is 54.0 Å². The van der Waals surface area contributed by atoms with E-state index in [0.29, 0.717) is 12.3 Å². The highest BCUT2D eigenvalue weighted by Crippen LogP contribution is 2.33. The summed E-state index contributed by atoms with van der Waals surface area (Å²) >= 11 is 0. The largest absolute Gasteiger partial charge is 0.497 e. The van der Waals surface area contributed by atoms with Gasteiger partial charge in [-0.1, -0.05) is 12.1 Å². The number of amides is 3. The Morgan fingerprint density at radius 1 is 1.27 bits per heavy atom. The van der Waals surface area contributed by atoms with Gasteiger partial charge in [0.1, 0.15) is 11.5 Å². The molecule has 1 aromatic heterocycles.